The molecule has 3 rings (SSSR count). The molecule has 3 unspecified atom stereocenters. The van der Waals surface area contributed by atoms with Gasteiger partial charge in [0, 0.05) is 4.83 Å². The van der Waals surface area contributed by atoms with E-state index >= 15 is 0 Å². The zero-order valence-corrected chi connectivity index (χ0v) is 12.8. The van der Waals surface area contributed by atoms with Crippen molar-refractivity contribution in [2.24, 2.45) is 5.92 Å². The first-order valence-electron chi connectivity index (χ1n) is 7.07. The third-order valence-corrected chi connectivity index (χ3v) is 5.36. The van der Waals surface area contributed by atoms with Gasteiger partial charge in [0.1, 0.15) is 0 Å². The van der Waals surface area contributed by atoms with E-state index in [0.29, 0.717) is 4.83 Å². The summed E-state index contributed by atoms with van der Waals surface area (Å²) in [6, 6.07) is 19.9. The number of benzene rings is 2. The van der Waals surface area contributed by atoms with Crippen molar-refractivity contribution >= 4 is 15.9 Å². The number of hydrogen-bond donors (Lipinski definition) is 0. The molecule has 0 N–H and O–H groups in total. The van der Waals surface area contributed by atoms with Gasteiger partial charge in [0.2, 0.25) is 0 Å². The number of aryl methyl sites for hydroxylation is 1. The Bertz CT molecular complexity index is 529. The van der Waals surface area contributed by atoms with E-state index in [4.69, 9.17) is 0 Å². The van der Waals surface area contributed by atoms with Crippen LogP contribution in [0, 0.1) is 5.92 Å². The maximum Gasteiger partial charge on any atom is 0.0429 e. The van der Waals surface area contributed by atoms with Crippen molar-refractivity contribution in [2.75, 3.05) is 0 Å². The van der Waals surface area contributed by atoms with Gasteiger partial charge in [0.05, 0.1) is 0 Å². The molecular formula is C18H19Br. The van der Waals surface area contributed by atoms with E-state index in [1.54, 1.807) is 0 Å². The predicted octanol–water partition coefficient (Wildman–Crippen LogP) is 5.49. The van der Waals surface area contributed by atoms with Crippen LogP contribution < -0.4 is 0 Å². The lowest BCUT2D eigenvalue weighted by atomic mass is 10.0. The molecule has 1 fully saturated rings. The van der Waals surface area contributed by atoms with Gasteiger partial charge in [0.25, 0.3) is 0 Å². The van der Waals surface area contributed by atoms with Crippen molar-refractivity contribution in [1.29, 1.82) is 0 Å². The molecule has 0 aromatic heterocycles. The Labute approximate surface area is 124 Å². The maximum atomic E-state index is 3.90. The summed E-state index contributed by atoms with van der Waals surface area (Å²) in [6.07, 6.45) is 2.42. The van der Waals surface area contributed by atoms with Crippen molar-refractivity contribution < 1.29 is 0 Å². The molecule has 0 saturated heterocycles. The molecule has 2 aromatic rings. The molecule has 1 aliphatic carbocycles. The molecule has 0 aliphatic heterocycles. The minimum Gasteiger partial charge on any atom is -0.0836 e. The van der Waals surface area contributed by atoms with Crippen molar-refractivity contribution in [2.45, 2.75) is 30.5 Å². The molecule has 98 valence electrons. The number of hydrogen-bond acceptors (Lipinski definition) is 0. The Morgan fingerprint density at radius 3 is 2.37 bits per heavy atom. The summed E-state index contributed by atoms with van der Waals surface area (Å²) < 4.78 is 0. The standard InChI is InChI=1S/C18H19Br/c1-2-13-8-10-15(11-9-13)18(19)17-12-16(17)14-6-4-3-5-7-14/h3-11,16-18H,2,12H2,1H3. The topological polar surface area (TPSA) is 0 Å². The van der Waals surface area contributed by atoms with Crippen LogP contribution in [0.4, 0.5) is 0 Å². The molecule has 0 amide bonds. The summed E-state index contributed by atoms with van der Waals surface area (Å²) >= 11 is 3.90. The van der Waals surface area contributed by atoms with Crippen LogP contribution >= 0.6 is 15.9 Å². The normalized spacial score (nSPS) is 23.1. The zero-order chi connectivity index (χ0) is 13.2. The van der Waals surface area contributed by atoms with Gasteiger partial charge in [0.15, 0.2) is 0 Å². The maximum absolute atomic E-state index is 3.90. The van der Waals surface area contributed by atoms with Gasteiger partial charge in [-0.1, -0.05) is 77.5 Å². The highest BCUT2D eigenvalue weighted by molar-refractivity contribution is 9.09. The smallest absolute Gasteiger partial charge is 0.0429 e. The molecule has 19 heavy (non-hydrogen) atoms. The highest BCUT2D eigenvalue weighted by Gasteiger charge is 2.43. The van der Waals surface area contributed by atoms with Crippen LogP contribution in [0.1, 0.15) is 40.8 Å². The second kappa shape index (κ2) is 5.50. The van der Waals surface area contributed by atoms with E-state index in [1.165, 1.54) is 23.1 Å². The Hall–Kier alpha value is -1.08. The third kappa shape index (κ3) is 2.76. The summed E-state index contributed by atoms with van der Waals surface area (Å²) in [7, 11) is 0. The summed E-state index contributed by atoms with van der Waals surface area (Å²) in [5, 5.41) is 0. The van der Waals surface area contributed by atoms with Crippen molar-refractivity contribution in [3.8, 4) is 0 Å². The fraction of sp³-hybridized carbons (Fsp3) is 0.333. The van der Waals surface area contributed by atoms with Crippen molar-refractivity contribution in [3.63, 3.8) is 0 Å². The summed E-state index contributed by atoms with van der Waals surface area (Å²) in [4.78, 5) is 0.489. The van der Waals surface area contributed by atoms with Crippen LogP contribution in [-0.2, 0) is 6.42 Å². The Morgan fingerprint density at radius 1 is 1.05 bits per heavy atom. The molecule has 0 heterocycles. The number of rotatable bonds is 4. The first-order valence-corrected chi connectivity index (χ1v) is 7.99. The average molecular weight is 315 g/mol. The number of halogens is 1. The molecule has 0 spiro atoms. The lowest BCUT2D eigenvalue weighted by Gasteiger charge is -2.11. The third-order valence-electron chi connectivity index (χ3n) is 4.15. The molecule has 1 heteroatoms. The second-order valence-electron chi connectivity index (χ2n) is 5.41. The van der Waals surface area contributed by atoms with E-state index in [1.807, 2.05) is 0 Å². The molecule has 1 aliphatic rings. The average Bonchev–Trinajstić information content (AvgIpc) is 3.28. The molecule has 2 aromatic carbocycles. The Balaban J connectivity index is 1.70. The lowest BCUT2D eigenvalue weighted by Crippen LogP contribution is -1.95. The second-order valence-corrected chi connectivity index (χ2v) is 6.40. The van der Waals surface area contributed by atoms with E-state index in [0.717, 1.165) is 18.3 Å². The van der Waals surface area contributed by atoms with E-state index in [2.05, 4.69) is 77.5 Å². The largest absolute Gasteiger partial charge is 0.0836 e. The minimum absolute atomic E-state index is 0.489. The van der Waals surface area contributed by atoms with Gasteiger partial charge in [-0.05, 0) is 41.4 Å². The van der Waals surface area contributed by atoms with Crippen molar-refractivity contribution in [3.05, 3.63) is 71.3 Å². The SMILES string of the molecule is CCc1ccc(C(Br)C2CC2c2ccccc2)cc1. The van der Waals surface area contributed by atoms with Crippen LogP contribution in [0.15, 0.2) is 54.6 Å². The van der Waals surface area contributed by atoms with Gasteiger partial charge in [-0.15, -0.1) is 0 Å². The van der Waals surface area contributed by atoms with E-state index < -0.39 is 0 Å². The Kier molecular flexibility index (Phi) is 3.74. The lowest BCUT2D eigenvalue weighted by molar-refractivity contribution is 0.786. The predicted molar refractivity (Wildman–Crippen MR) is 84.8 cm³/mol. The molecule has 3 atom stereocenters. The van der Waals surface area contributed by atoms with Gasteiger partial charge >= 0.3 is 0 Å². The molecular weight excluding hydrogens is 296 g/mol. The van der Waals surface area contributed by atoms with E-state index in [-0.39, 0.29) is 0 Å². The first kappa shape index (κ1) is 12.9. The van der Waals surface area contributed by atoms with Crippen LogP contribution in [0.5, 0.6) is 0 Å². The quantitative estimate of drug-likeness (QED) is 0.655. The van der Waals surface area contributed by atoms with Crippen LogP contribution in [0.25, 0.3) is 0 Å². The monoisotopic (exact) mass is 314 g/mol. The summed E-state index contributed by atoms with van der Waals surface area (Å²) in [5.74, 6) is 1.48. The summed E-state index contributed by atoms with van der Waals surface area (Å²) in [5.41, 5.74) is 4.32. The molecule has 0 radical (unpaired) electrons. The van der Waals surface area contributed by atoms with Gasteiger partial charge in [-0.25, -0.2) is 0 Å². The molecule has 1 saturated carbocycles. The number of alkyl halides is 1. The van der Waals surface area contributed by atoms with Gasteiger partial charge in [-0.2, -0.15) is 0 Å². The summed E-state index contributed by atoms with van der Waals surface area (Å²) in [6.45, 7) is 2.20. The van der Waals surface area contributed by atoms with Crippen LogP contribution in [-0.4, -0.2) is 0 Å². The van der Waals surface area contributed by atoms with Crippen LogP contribution in [0.3, 0.4) is 0 Å². The van der Waals surface area contributed by atoms with Crippen LogP contribution in [0.2, 0.25) is 0 Å². The van der Waals surface area contributed by atoms with Crippen molar-refractivity contribution in [1.82, 2.24) is 0 Å². The van der Waals surface area contributed by atoms with Gasteiger partial charge in [-0.3, -0.25) is 0 Å². The van der Waals surface area contributed by atoms with E-state index in [9.17, 15) is 0 Å². The minimum atomic E-state index is 0.489. The first-order chi connectivity index (χ1) is 9.29. The fourth-order valence-electron chi connectivity index (χ4n) is 2.81. The molecule has 0 nitrogen and oxygen atoms in total. The van der Waals surface area contributed by atoms with Gasteiger partial charge < -0.3 is 0 Å². The Morgan fingerprint density at radius 2 is 1.74 bits per heavy atom. The fourth-order valence-corrected chi connectivity index (χ4v) is 3.70. The highest BCUT2D eigenvalue weighted by Crippen LogP contribution is 2.57. The highest BCUT2D eigenvalue weighted by atomic mass is 79.9. The molecule has 0 bridgehead atoms. The zero-order valence-electron chi connectivity index (χ0n) is 11.2.